The Morgan fingerprint density at radius 3 is 2.82 bits per heavy atom. The summed E-state index contributed by atoms with van der Waals surface area (Å²) in [4.78, 5) is 25.4. The van der Waals surface area contributed by atoms with E-state index in [1.807, 2.05) is 12.1 Å². The molecule has 1 fully saturated rings. The van der Waals surface area contributed by atoms with Gasteiger partial charge in [0.05, 0.1) is 16.1 Å². The van der Waals surface area contributed by atoms with Gasteiger partial charge in [0.2, 0.25) is 5.91 Å². The Hall–Kier alpha value is -0.880. The Morgan fingerprint density at radius 1 is 1.53 bits per heavy atom. The summed E-state index contributed by atoms with van der Waals surface area (Å²) in [6.07, 6.45) is 0.928. The summed E-state index contributed by atoms with van der Waals surface area (Å²) < 4.78 is 1.00. The molecule has 6 heteroatoms. The first-order valence-electron chi connectivity index (χ1n) is 5.31. The number of carboxylic acids is 1. The molecule has 0 aromatic carbocycles. The minimum absolute atomic E-state index is 0.0168. The standard InChI is InChI=1S/C11H12BrNO3S/c12-9-2-1-8(17-9)5-10(14)13-4-3-7(6-13)11(15)16/h1-2,7H,3-6H2,(H,15,16)/t7-/m1/s1. The highest BCUT2D eigenvalue weighted by Crippen LogP contribution is 2.24. The number of rotatable bonds is 3. The minimum atomic E-state index is -0.806. The van der Waals surface area contributed by atoms with E-state index in [9.17, 15) is 9.59 Å². The van der Waals surface area contributed by atoms with Gasteiger partial charge >= 0.3 is 5.97 Å². The number of hydrogen-bond donors (Lipinski definition) is 1. The van der Waals surface area contributed by atoms with Crippen LogP contribution in [0.15, 0.2) is 15.9 Å². The number of aliphatic carboxylic acids is 1. The number of amides is 1. The lowest BCUT2D eigenvalue weighted by Crippen LogP contribution is -2.30. The first-order valence-corrected chi connectivity index (χ1v) is 6.92. The van der Waals surface area contributed by atoms with Gasteiger partial charge in [0, 0.05) is 18.0 Å². The molecule has 4 nitrogen and oxygen atoms in total. The van der Waals surface area contributed by atoms with Crippen molar-refractivity contribution >= 4 is 39.1 Å². The summed E-state index contributed by atoms with van der Waals surface area (Å²) in [6, 6.07) is 3.83. The quantitative estimate of drug-likeness (QED) is 0.927. The number of carbonyl (C=O) groups excluding carboxylic acids is 1. The van der Waals surface area contributed by atoms with Gasteiger partial charge in [-0.05, 0) is 34.5 Å². The van der Waals surface area contributed by atoms with Crippen LogP contribution in [-0.2, 0) is 16.0 Å². The number of carboxylic acid groups (broad SMARTS) is 1. The van der Waals surface area contributed by atoms with Gasteiger partial charge in [-0.25, -0.2) is 0 Å². The van der Waals surface area contributed by atoms with Crippen LogP contribution in [0.4, 0.5) is 0 Å². The minimum Gasteiger partial charge on any atom is -0.481 e. The molecule has 0 spiro atoms. The predicted octanol–water partition coefficient (Wildman–Crippen LogP) is 1.99. The SMILES string of the molecule is O=C(O)[C@@H]1CCN(C(=O)Cc2ccc(Br)s2)C1. The van der Waals surface area contributed by atoms with E-state index in [1.165, 1.54) is 11.3 Å². The van der Waals surface area contributed by atoms with E-state index in [2.05, 4.69) is 15.9 Å². The molecule has 1 N–H and O–H groups in total. The van der Waals surface area contributed by atoms with Crippen molar-refractivity contribution in [2.24, 2.45) is 5.92 Å². The molecule has 17 heavy (non-hydrogen) atoms. The Bertz CT molecular complexity index is 446. The number of thiophene rings is 1. The van der Waals surface area contributed by atoms with Crippen LogP contribution < -0.4 is 0 Å². The Balaban J connectivity index is 1.91. The fourth-order valence-electron chi connectivity index (χ4n) is 1.90. The summed E-state index contributed by atoms with van der Waals surface area (Å²) in [5.74, 6) is -1.18. The van der Waals surface area contributed by atoms with Crippen LogP contribution in [0.1, 0.15) is 11.3 Å². The first-order chi connectivity index (χ1) is 8.06. The van der Waals surface area contributed by atoms with Gasteiger partial charge in [-0.1, -0.05) is 0 Å². The van der Waals surface area contributed by atoms with Gasteiger partial charge in [0.1, 0.15) is 0 Å². The average Bonchev–Trinajstić information content (AvgIpc) is 2.86. The molecule has 1 amide bonds. The maximum atomic E-state index is 11.9. The second-order valence-corrected chi connectivity index (χ2v) is 6.59. The van der Waals surface area contributed by atoms with Crippen LogP contribution >= 0.6 is 27.3 Å². The van der Waals surface area contributed by atoms with Crippen molar-refractivity contribution in [3.8, 4) is 0 Å². The lowest BCUT2D eigenvalue weighted by Gasteiger charge is -2.14. The summed E-state index contributed by atoms with van der Waals surface area (Å²) in [5, 5.41) is 8.86. The van der Waals surface area contributed by atoms with E-state index in [0.29, 0.717) is 25.9 Å². The molecule has 92 valence electrons. The molecule has 1 aromatic rings. The number of nitrogens with zero attached hydrogens (tertiary/aromatic N) is 1. The third-order valence-electron chi connectivity index (χ3n) is 2.84. The molecule has 1 aromatic heterocycles. The van der Waals surface area contributed by atoms with Crippen LogP contribution in [0.3, 0.4) is 0 Å². The van der Waals surface area contributed by atoms with Crippen LogP contribution in [0, 0.1) is 5.92 Å². The highest BCUT2D eigenvalue weighted by molar-refractivity contribution is 9.11. The van der Waals surface area contributed by atoms with E-state index in [1.54, 1.807) is 4.90 Å². The molecule has 0 radical (unpaired) electrons. The molecule has 2 heterocycles. The van der Waals surface area contributed by atoms with Crippen LogP contribution in [0.2, 0.25) is 0 Å². The molecule has 1 aliphatic rings. The van der Waals surface area contributed by atoms with Crippen molar-refractivity contribution in [1.29, 1.82) is 0 Å². The molecule has 1 atom stereocenters. The number of hydrogen-bond acceptors (Lipinski definition) is 3. The van der Waals surface area contributed by atoms with Gasteiger partial charge in [-0.2, -0.15) is 0 Å². The zero-order chi connectivity index (χ0) is 12.4. The number of likely N-dealkylation sites (tertiary alicyclic amines) is 1. The molecule has 0 aliphatic carbocycles. The third-order valence-corrected chi connectivity index (χ3v) is 4.47. The maximum absolute atomic E-state index is 11.9. The van der Waals surface area contributed by atoms with Crippen molar-refractivity contribution in [3.05, 3.63) is 20.8 Å². The maximum Gasteiger partial charge on any atom is 0.308 e. The van der Waals surface area contributed by atoms with Gasteiger partial charge in [-0.3, -0.25) is 9.59 Å². The first kappa shape index (κ1) is 12.6. The normalized spacial score (nSPS) is 19.6. The van der Waals surface area contributed by atoms with E-state index in [0.717, 1.165) is 8.66 Å². The summed E-state index contributed by atoms with van der Waals surface area (Å²) in [6.45, 7) is 0.906. The van der Waals surface area contributed by atoms with Crippen molar-refractivity contribution in [1.82, 2.24) is 4.90 Å². The number of halogens is 1. The van der Waals surface area contributed by atoms with E-state index in [4.69, 9.17) is 5.11 Å². The monoisotopic (exact) mass is 317 g/mol. The fraction of sp³-hybridized carbons (Fsp3) is 0.455. The summed E-state index contributed by atoms with van der Waals surface area (Å²) in [5.41, 5.74) is 0. The van der Waals surface area contributed by atoms with E-state index in [-0.39, 0.29) is 5.91 Å². The largest absolute Gasteiger partial charge is 0.481 e. The predicted molar refractivity (Wildman–Crippen MR) is 68.0 cm³/mol. The topological polar surface area (TPSA) is 57.6 Å². The molecule has 0 bridgehead atoms. The van der Waals surface area contributed by atoms with Crippen LogP contribution in [0.5, 0.6) is 0 Å². The van der Waals surface area contributed by atoms with Crippen LogP contribution in [-0.4, -0.2) is 35.0 Å². The highest BCUT2D eigenvalue weighted by atomic mass is 79.9. The van der Waals surface area contributed by atoms with Gasteiger partial charge in [0.15, 0.2) is 0 Å². The Morgan fingerprint density at radius 2 is 2.29 bits per heavy atom. The smallest absolute Gasteiger partial charge is 0.308 e. The van der Waals surface area contributed by atoms with Crippen molar-refractivity contribution in [2.45, 2.75) is 12.8 Å². The van der Waals surface area contributed by atoms with Crippen LogP contribution in [0.25, 0.3) is 0 Å². The number of carbonyl (C=O) groups is 2. The average molecular weight is 318 g/mol. The van der Waals surface area contributed by atoms with Crippen molar-refractivity contribution < 1.29 is 14.7 Å². The second-order valence-electron chi connectivity index (χ2n) is 4.05. The van der Waals surface area contributed by atoms with Crippen molar-refractivity contribution in [2.75, 3.05) is 13.1 Å². The zero-order valence-electron chi connectivity index (χ0n) is 9.06. The van der Waals surface area contributed by atoms with Gasteiger partial charge in [0.25, 0.3) is 0 Å². The fourth-order valence-corrected chi connectivity index (χ4v) is 3.37. The Labute approximate surface area is 111 Å². The molecular formula is C11H12BrNO3S. The Kier molecular flexibility index (Phi) is 3.83. The summed E-state index contributed by atoms with van der Waals surface area (Å²) >= 11 is 4.88. The molecule has 1 saturated heterocycles. The molecular weight excluding hydrogens is 306 g/mol. The van der Waals surface area contributed by atoms with Gasteiger partial charge in [-0.15, -0.1) is 11.3 Å². The second kappa shape index (κ2) is 5.18. The molecule has 1 aliphatic heterocycles. The van der Waals surface area contributed by atoms with E-state index < -0.39 is 11.9 Å². The van der Waals surface area contributed by atoms with Crippen molar-refractivity contribution in [3.63, 3.8) is 0 Å². The lowest BCUT2D eigenvalue weighted by atomic mass is 10.1. The summed E-state index contributed by atoms with van der Waals surface area (Å²) in [7, 11) is 0. The molecule has 0 unspecified atom stereocenters. The lowest BCUT2D eigenvalue weighted by molar-refractivity contribution is -0.141. The zero-order valence-corrected chi connectivity index (χ0v) is 11.5. The highest BCUT2D eigenvalue weighted by Gasteiger charge is 2.30. The third kappa shape index (κ3) is 3.07. The van der Waals surface area contributed by atoms with Gasteiger partial charge < -0.3 is 10.0 Å². The molecule has 0 saturated carbocycles. The molecule has 2 rings (SSSR count). The van der Waals surface area contributed by atoms with E-state index >= 15 is 0 Å².